The maximum atomic E-state index is 6.05. The molecule has 3 aliphatic rings. The van der Waals surface area contributed by atoms with Crippen LogP contribution >= 0.6 is 0 Å². The van der Waals surface area contributed by atoms with Crippen LogP contribution in [0.25, 0.3) is 0 Å². The van der Waals surface area contributed by atoms with Crippen molar-refractivity contribution in [2.45, 2.75) is 71.5 Å². The highest BCUT2D eigenvalue weighted by Gasteiger charge is 2.55. The summed E-state index contributed by atoms with van der Waals surface area (Å²) in [5, 5.41) is 0. The average molecular weight is 300 g/mol. The van der Waals surface area contributed by atoms with Crippen LogP contribution in [0.3, 0.4) is 0 Å². The van der Waals surface area contributed by atoms with Crippen molar-refractivity contribution in [3.05, 3.63) is 46.5 Å². The molecule has 0 radical (unpaired) electrons. The van der Waals surface area contributed by atoms with Crippen LogP contribution < -0.4 is 0 Å². The summed E-state index contributed by atoms with van der Waals surface area (Å²) < 4.78 is 0. The van der Waals surface area contributed by atoms with Crippen molar-refractivity contribution in [3.63, 3.8) is 0 Å². The average Bonchev–Trinajstić information content (AvgIpc) is 2.47. The van der Waals surface area contributed by atoms with Gasteiger partial charge in [-0.1, -0.05) is 42.3 Å². The molecule has 2 bridgehead atoms. The first-order valence-corrected chi connectivity index (χ1v) is 8.49. The predicted molar refractivity (Wildman–Crippen MR) is 89.4 cm³/mol. The fraction of sp³-hybridized carbons (Fsp3) is 0.600. The Kier molecular flexibility index (Phi) is 3.94. The minimum atomic E-state index is -0.273. The van der Waals surface area contributed by atoms with Crippen LogP contribution in [-0.4, -0.2) is 0 Å². The number of allylic oxidation sites excluding steroid dienone is 2. The molecule has 3 atom stereocenters. The van der Waals surface area contributed by atoms with Crippen molar-refractivity contribution in [1.29, 1.82) is 0 Å². The molecule has 4 rings (SSSR count). The minimum Gasteiger partial charge on any atom is -0.225 e. The van der Waals surface area contributed by atoms with E-state index >= 15 is 0 Å². The van der Waals surface area contributed by atoms with Gasteiger partial charge >= 0.3 is 0 Å². The summed E-state index contributed by atoms with van der Waals surface area (Å²) in [5.41, 5.74) is 4.83. The van der Waals surface area contributed by atoms with Gasteiger partial charge in [0.05, 0.1) is 0 Å². The molecule has 2 nitrogen and oxygen atoms in total. The number of benzene rings is 1. The van der Waals surface area contributed by atoms with Crippen molar-refractivity contribution in [1.82, 2.24) is 0 Å². The minimum absolute atomic E-state index is 0.269. The topological polar surface area (TPSA) is 18.5 Å². The van der Waals surface area contributed by atoms with E-state index in [-0.39, 0.29) is 11.2 Å². The molecule has 0 spiro atoms. The van der Waals surface area contributed by atoms with Crippen molar-refractivity contribution in [2.75, 3.05) is 0 Å². The van der Waals surface area contributed by atoms with Crippen molar-refractivity contribution in [3.8, 4) is 0 Å². The van der Waals surface area contributed by atoms with Crippen LogP contribution in [0.2, 0.25) is 0 Å². The molecule has 1 aromatic rings. The lowest BCUT2D eigenvalue weighted by Crippen LogP contribution is -2.52. The zero-order valence-electron chi connectivity index (χ0n) is 14.5. The Bertz CT molecular complexity index is 588. The summed E-state index contributed by atoms with van der Waals surface area (Å²) in [6.45, 7) is 10.9. The zero-order chi connectivity index (χ0) is 16.0. The first kappa shape index (κ1) is 15.8. The van der Waals surface area contributed by atoms with Gasteiger partial charge in [0, 0.05) is 0 Å². The number of fused-ring (bicyclic) bond motifs is 2. The molecule has 0 saturated carbocycles. The van der Waals surface area contributed by atoms with Gasteiger partial charge in [0.15, 0.2) is 0 Å². The molecule has 22 heavy (non-hydrogen) atoms. The maximum Gasteiger partial charge on any atom is 0.131 e. The van der Waals surface area contributed by atoms with Crippen molar-refractivity contribution in [2.24, 2.45) is 5.92 Å². The van der Waals surface area contributed by atoms with E-state index in [0.29, 0.717) is 5.92 Å². The number of hydrogen-bond donors (Lipinski definition) is 0. The summed E-state index contributed by atoms with van der Waals surface area (Å²) in [5.74, 6) is 0.438. The zero-order valence-corrected chi connectivity index (χ0v) is 14.5. The Morgan fingerprint density at radius 2 is 2.00 bits per heavy atom. The van der Waals surface area contributed by atoms with E-state index in [1.165, 1.54) is 22.3 Å². The first-order valence-electron chi connectivity index (χ1n) is 8.49. The quantitative estimate of drug-likeness (QED) is 0.536. The lowest BCUT2D eigenvalue weighted by atomic mass is 9.65. The maximum absolute atomic E-state index is 6.05. The highest BCUT2D eigenvalue weighted by atomic mass is 17.2. The summed E-state index contributed by atoms with van der Waals surface area (Å²) in [7, 11) is 0. The largest absolute Gasteiger partial charge is 0.225 e. The van der Waals surface area contributed by atoms with Gasteiger partial charge in [-0.05, 0) is 70.4 Å². The Hall–Kier alpha value is -1.12. The monoisotopic (exact) mass is 300 g/mol. The molecule has 2 aliphatic heterocycles. The molecule has 1 aromatic carbocycles. The standard InChI is InChI=1S/C20H28O2/c1-14(2)7-6-8-16(4)20-12-11-19(5,21-22-20)17-10-9-15(3)13-18(17)20/h7,9-10,13,16H,6,8,11-12H2,1-5H3/t16-,19-,20-/m1/s1. The highest BCUT2D eigenvalue weighted by Crippen LogP contribution is 2.56. The molecule has 1 saturated heterocycles. The number of aryl methyl sites for hydroxylation is 1. The third-order valence-corrected chi connectivity index (χ3v) is 5.50. The van der Waals surface area contributed by atoms with E-state index < -0.39 is 0 Å². The Morgan fingerprint density at radius 1 is 1.23 bits per heavy atom. The summed E-state index contributed by atoms with van der Waals surface area (Å²) in [6.07, 6.45) is 6.64. The number of hydrogen-bond acceptors (Lipinski definition) is 2. The molecule has 2 heterocycles. The van der Waals surface area contributed by atoms with Gasteiger partial charge < -0.3 is 0 Å². The lowest BCUT2D eigenvalue weighted by molar-refractivity contribution is -0.469. The van der Waals surface area contributed by atoms with E-state index in [0.717, 1.165) is 25.7 Å². The third-order valence-electron chi connectivity index (χ3n) is 5.50. The second-order valence-electron chi connectivity index (χ2n) is 7.60. The predicted octanol–water partition coefficient (Wildman–Crippen LogP) is 5.54. The summed E-state index contributed by atoms with van der Waals surface area (Å²) >= 11 is 0. The Morgan fingerprint density at radius 3 is 2.64 bits per heavy atom. The molecule has 1 fully saturated rings. The Labute approximate surface area is 134 Å². The molecular weight excluding hydrogens is 272 g/mol. The van der Waals surface area contributed by atoms with E-state index in [4.69, 9.17) is 9.78 Å². The van der Waals surface area contributed by atoms with Crippen LogP contribution in [0.4, 0.5) is 0 Å². The summed E-state index contributed by atoms with van der Waals surface area (Å²) in [6, 6.07) is 6.74. The molecule has 0 amide bonds. The second kappa shape index (κ2) is 5.50. The van der Waals surface area contributed by atoms with Gasteiger partial charge in [-0.3, -0.25) is 0 Å². The highest BCUT2D eigenvalue weighted by molar-refractivity contribution is 5.43. The van der Waals surface area contributed by atoms with Gasteiger partial charge in [-0.25, -0.2) is 9.78 Å². The molecule has 0 N–H and O–H groups in total. The van der Waals surface area contributed by atoms with E-state index in [1.54, 1.807) is 0 Å². The molecule has 120 valence electrons. The van der Waals surface area contributed by atoms with E-state index in [9.17, 15) is 0 Å². The van der Waals surface area contributed by atoms with Crippen LogP contribution in [0.1, 0.15) is 70.1 Å². The Balaban J connectivity index is 1.95. The van der Waals surface area contributed by atoms with Gasteiger partial charge in [0.1, 0.15) is 11.2 Å². The third kappa shape index (κ3) is 2.43. The van der Waals surface area contributed by atoms with Gasteiger partial charge in [-0.15, -0.1) is 0 Å². The van der Waals surface area contributed by atoms with Crippen LogP contribution in [0, 0.1) is 12.8 Å². The summed E-state index contributed by atoms with van der Waals surface area (Å²) in [4.78, 5) is 11.9. The van der Waals surface area contributed by atoms with E-state index in [1.807, 2.05) is 0 Å². The molecule has 1 aliphatic carbocycles. The molecule has 0 unspecified atom stereocenters. The lowest BCUT2D eigenvalue weighted by Gasteiger charge is -2.53. The SMILES string of the molecule is CC(C)=CCC[C@@H](C)[C@@]12CC[C@@](C)(OO1)c1ccc(C)cc12. The van der Waals surface area contributed by atoms with Gasteiger partial charge in [0.25, 0.3) is 0 Å². The van der Waals surface area contributed by atoms with Crippen molar-refractivity contribution >= 4 is 0 Å². The second-order valence-corrected chi connectivity index (χ2v) is 7.60. The molecule has 2 heteroatoms. The van der Waals surface area contributed by atoms with Gasteiger partial charge in [-0.2, -0.15) is 0 Å². The normalized spacial score (nSPS) is 30.8. The fourth-order valence-corrected chi connectivity index (χ4v) is 3.95. The first-order chi connectivity index (χ1) is 10.4. The van der Waals surface area contributed by atoms with Crippen LogP contribution in [0.5, 0.6) is 0 Å². The van der Waals surface area contributed by atoms with Crippen LogP contribution in [0.15, 0.2) is 29.8 Å². The molecule has 0 aromatic heterocycles. The van der Waals surface area contributed by atoms with Gasteiger partial charge in [0.2, 0.25) is 0 Å². The number of rotatable bonds is 4. The van der Waals surface area contributed by atoms with Crippen molar-refractivity contribution < 1.29 is 9.78 Å². The molecular formula is C20H28O2. The van der Waals surface area contributed by atoms with E-state index in [2.05, 4.69) is 58.9 Å². The van der Waals surface area contributed by atoms with Crippen LogP contribution in [-0.2, 0) is 21.0 Å². The fourth-order valence-electron chi connectivity index (χ4n) is 3.95. The smallest absolute Gasteiger partial charge is 0.131 e.